The molecule has 2 saturated heterocycles. The molecule has 0 saturated carbocycles. The lowest BCUT2D eigenvalue weighted by molar-refractivity contribution is -0.0498. The maximum absolute atomic E-state index is 13.2. The van der Waals surface area contributed by atoms with Crippen LogP contribution in [0.1, 0.15) is 16.8 Å². The van der Waals surface area contributed by atoms with E-state index < -0.39 is 16.4 Å². The van der Waals surface area contributed by atoms with Crippen molar-refractivity contribution in [3.8, 4) is 5.75 Å². The molecule has 0 aliphatic carbocycles. The van der Waals surface area contributed by atoms with Crippen LogP contribution in [0.5, 0.6) is 5.75 Å². The van der Waals surface area contributed by atoms with Gasteiger partial charge in [-0.2, -0.15) is 8.78 Å². The summed E-state index contributed by atoms with van der Waals surface area (Å²) in [5.41, 5.74) is 1.76. The summed E-state index contributed by atoms with van der Waals surface area (Å²) in [4.78, 5) is 17.1. The summed E-state index contributed by atoms with van der Waals surface area (Å²) in [6.07, 6.45) is 0.657. The zero-order chi connectivity index (χ0) is 22.7. The summed E-state index contributed by atoms with van der Waals surface area (Å²) in [6.45, 7) is -0.529. The summed E-state index contributed by atoms with van der Waals surface area (Å²) in [5.74, 6) is 0.396. The Morgan fingerprint density at radius 2 is 1.72 bits per heavy atom. The summed E-state index contributed by atoms with van der Waals surface area (Å²) >= 11 is 0. The fraction of sp³-hybridized carbons (Fsp3) is 0.409. The first-order chi connectivity index (χ1) is 15.3. The largest absolute Gasteiger partial charge is 0.435 e. The molecule has 10 heteroatoms. The van der Waals surface area contributed by atoms with Crippen LogP contribution in [0, 0.1) is 0 Å². The lowest BCUT2D eigenvalue weighted by Crippen LogP contribution is -2.52. The lowest BCUT2D eigenvalue weighted by Gasteiger charge is -2.37. The number of benzene rings is 2. The van der Waals surface area contributed by atoms with Gasteiger partial charge in [-0.1, -0.05) is 12.1 Å². The molecule has 2 heterocycles. The maximum atomic E-state index is 13.2. The number of hydrogen-bond acceptors (Lipinski definition) is 6. The molecule has 0 aromatic heterocycles. The van der Waals surface area contributed by atoms with E-state index in [0.717, 1.165) is 0 Å². The van der Waals surface area contributed by atoms with Crippen molar-refractivity contribution in [3.63, 3.8) is 0 Å². The minimum Gasteiger partial charge on any atom is -0.435 e. The van der Waals surface area contributed by atoms with Crippen LogP contribution >= 0.6 is 0 Å². The van der Waals surface area contributed by atoms with Crippen LogP contribution < -0.4 is 10.1 Å². The van der Waals surface area contributed by atoms with Crippen molar-refractivity contribution >= 4 is 27.1 Å². The molecule has 2 fully saturated rings. The SMILES string of the molecule is O=C(c1ccccc1Nc1ccc(OC(F)F)cc1)N1CCN(C2CCS(=O)(=O)C2)CC1. The van der Waals surface area contributed by atoms with Crippen LogP contribution in [0.25, 0.3) is 0 Å². The van der Waals surface area contributed by atoms with E-state index in [2.05, 4.69) is 15.0 Å². The quantitative estimate of drug-likeness (QED) is 0.707. The standard InChI is InChI=1S/C22H25F2N3O4S/c23-22(24)31-18-7-5-16(6-8-18)25-20-4-2-1-3-19(20)21(28)27-12-10-26(11-13-27)17-9-14-32(29,30)15-17/h1-8,17,22,25H,9-15H2. The predicted octanol–water partition coefficient (Wildman–Crippen LogP) is 2.98. The van der Waals surface area contributed by atoms with Gasteiger partial charge >= 0.3 is 6.61 Å². The molecule has 2 aliphatic heterocycles. The van der Waals surface area contributed by atoms with Crippen molar-refractivity contribution < 1.29 is 26.7 Å². The average Bonchev–Trinajstić information content (AvgIpc) is 3.14. The van der Waals surface area contributed by atoms with Crippen LogP contribution in [0.4, 0.5) is 20.2 Å². The first-order valence-electron chi connectivity index (χ1n) is 10.5. The fourth-order valence-electron chi connectivity index (χ4n) is 4.18. The molecule has 1 N–H and O–H groups in total. The summed E-state index contributed by atoms with van der Waals surface area (Å²) < 4.78 is 52.5. The average molecular weight is 466 g/mol. The van der Waals surface area contributed by atoms with E-state index in [1.165, 1.54) is 12.1 Å². The number of para-hydroxylation sites is 1. The Labute approximate surface area is 185 Å². The van der Waals surface area contributed by atoms with Crippen molar-refractivity contribution in [1.29, 1.82) is 0 Å². The van der Waals surface area contributed by atoms with Gasteiger partial charge in [-0.05, 0) is 42.8 Å². The maximum Gasteiger partial charge on any atom is 0.387 e. The molecule has 7 nitrogen and oxygen atoms in total. The Kier molecular flexibility index (Phi) is 6.61. The molecule has 0 bridgehead atoms. The van der Waals surface area contributed by atoms with Gasteiger partial charge in [0.15, 0.2) is 9.84 Å². The second kappa shape index (κ2) is 9.41. The molecule has 2 aromatic rings. The predicted molar refractivity (Wildman–Crippen MR) is 117 cm³/mol. The Balaban J connectivity index is 1.40. The lowest BCUT2D eigenvalue weighted by atomic mass is 10.1. The second-order valence-electron chi connectivity index (χ2n) is 7.96. The molecule has 1 amide bonds. The number of halogens is 2. The number of hydrogen-bond donors (Lipinski definition) is 1. The van der Waals surface area contributed by atoms with Crippen molar-refractivity contribution in [2.24, 2.45) is 0 Å². The number of rotatable bonds is 6. The van der Waals surface area contributed by atoms with E-state index in [-0.39, 0.29) is 29.2 Å². The molecule has 4 rings (SSSR count). The number of anilines is 2. The molecule has 0 radical (unpaired) electrons. The van der Waals surface area contributed by atoms with Gasteiger partial charge in [-0.25, -0.2) is 8.42 Å². The summed E-state index contributed by atoms with van der Waals surface area (Å²) in [5, 5.41) is 3.17. The van der Waals surface area contributed by atoms with Gasteiger partial charge < -0.3 is 15.0 Å². The number of nitrogens with zero attached hydrogens (tertiary/aromatic N) is 2. The smallest absolute Gasteiger partial charge is 0.387 e. The number of carbonyl (C=O) groups is 1. The van der Waals surface area contributed by atoms with E-state index >= 15 is 0 Å². The Morgan fingerprint density at radius 1 is 1.03 bits per heavy atom. The highest BCUT2D eigenvalue weighted by molar-refractivity contribution is 7.91. The Bertz CT molecular complexity index is 1060. The molecular weight excluding hydrogens is 440 g/mol. The second-order valence-corrected chi connectivity index (χ2v) is 10.2. The van der Waals surface area contributed by atoms with E-state index in [1.54, 1.807) is 35.2 Å². The molecule has 172 valence electrons. The van der Waals surface area contributed by atoms with E-state index in [1.807, 2.05) is 6.07 Å². The monoisotopic (exact) mass is 465 g/mol. The highest BCUT2D eigenvalue weighted by Crippen LogP contribution is 2.26. The molecule has 2 aromatic carbocycles. The summed E-state index contributed by atoms with van der Waals surface area (Å²) in [7, 11) is -2.94. The first-order valence-corrected chi connectivity index (χ1v) is 12.3. The molecule has 0 spiro atoms. The third-order valence-electron chi connectivity index (χ3n) is 5.84. The number of carbonyl (C=O) groups excluding carboxylic acids is 1. The van der Waals surface area contributed by atoms with Gasteiger partial charge in [0.2, 0.25) is 0 Å². The highest BCUT2D eigenvalue weighted by atomic mass is 32.2. The van der Waals surface area contributed by atoms with Crippen LogP contribution in [0.15, 0.2) is 48.5 Å². The Morgan fingerprint density at radius 3 is 2.34 bits per heavy atom. The third kappa shape index (κ3) is 5.36. The van der Waals surface area contributed by atoms with Crippen molar-refractivity contribution in [2.45, 2.75) is 19.1 Å². The van der Waals surface area contributed by atoms with Crippen LogP contribution in [-0.4, -0.2) is 74.5 Å². The number of amides is 1. The van der Waals surface area contributed by atoms with Gasteiger partial charge in [0.05, 0.1) is 22.8 Å². The molecule has 2 aliphatic rings. The van der Waals surface area contributed by atoms with Crippen LogP contribution in [0.3, 0.4) is 0 Å². The number of alkyl halides is 2. The summed E-state index contributed by atoms with van der Waals surface area (Å²) in [6, 6.07) is 13.3. The van der Waals surface area contributed by atoms with Crippen molar-refractivity contribution in [3.05, 3.63) is 54.1 Å². The number of nitrogens with one attached hydrogen (secondary N) is 1. The number of ether oxygens (including phenoxy) is 1. The normalized spacial score (nSPS) is 21.0. The van der Waals surface area contributed by atoms with Crippen molar-refractivity contribution in [1.82, 2.24) is 9.80 Å². The van der Waals surface area contributed by atoms with Gasteiger partial charge in [-0.3, -0.25) is 9.69 Å². The first kappa shape index (κ1) is 22.5. The van der Waals surface area contributed by atoms with Gasteiger partial charge in [0.25, 0.3) is 5.91 Å². The molecule has 1 atom stereocenters. The molecular formula is C22H25F2N3O4S. The fourth-order valence-corrected chi connectivity index (χ4v) is 5.94. The Hall–Kier alpha value is -2.72. The van der Waals surface area contributed by atoms with Crippen LogP contribution in [-0.2, 0) is 9.84 Å². The molecule has 32 heavy (non-hydrogen) atoms. The number of sulfone groups is 1. The van der Waals surface area contributed by atoms with Crippen LogP contribution in [0.2, 0.25) is 0 Å². The third-order valence-corrected chi connectivity index (χ3v) is 7.59. The van der Waals surface area contributed by atoms with Gasteiger partial charge in [0.1, 0.15) is 5.75 Å². The number of piperazine rings is 1. The minimum atomic E-state index is -2.94. The van der Waals surface area contributed by atoms with Gasteiger partial charge in [0, 0.05) is 37.9 Å². The topological polar surface area (TPSA) is 79.0 Å². The zero-order valence-corrected chi connectivity index (χ0v) is 18.2. The molecule has 1 unspecified atom stereocenters. The minimum absolute atomic E-state index is 0.0447. The highest BCUT2D eigenvalue weighted by Gasteiger charge is 2.34. The van der Waals surface area contributed by atoms with E-state index in [9.17, 15) is 22.0 Å². The van der Waals surface area contributed by atoms with Gasteiger partial charge in [-0.15, -0.1) is 0 Å². The van der Waals surface area contributed by atoms with E-state index in [0.29, 0.717) is 49.5 Å². The zero-order valence-electron chi connectivity index (χ0n) is 17.4. The van der Waals surface area contributed by atoms with Crippen molar-refractivity contribution in [2.75, 3.05) is 43.0 Å². The van der Waals surface area contributed by atoms with E-state index in [4.69, 9.17) is 0 Å².